The molecular weight excluding hydrogens is 384 g/mol. The molecule has 0 amide bonds. The lowest BCUT2D eigenvalue weighted by atomic mass is 10.3. The van der Waals surface area contributed by atoms with E-state index in [9.17, 15) is 0 Å². The van der Waals surface area contributed by atoms with Crippen LogP contribution in [0.5, 0.6) is 5.75 Å². The molecule has 0 spiro atoms. The van der Waals surface area contributed by atoms with E-state index in [4.69, 9.17) is 29.4 Å². The van der Waals surface area contributed by atoms with Crippen LogP contribution in [0, 0.1) is 0 Å². The summed E-state index contributed by atoms with van der Waals surface area (Å²) in [7, 11) is 1.88. The Morgan fingerprint density at radius 2 is 1.33 bits per heavy atom. The molecule has 1 aromatic rings. The Balaban J connectivity index is 0.00000407. The second kappa shape index (κ2) is 19.8. The molecular formula is C23H38N2O5. The van der Waals surface area contributed by atoms with Crippen molar-refractivity contribution in [1.29, 1.82) is 0 Å². The zero-order valence-electron chi connectivity index (χ0n) is 18.7. The number of anilines is 1. The summed E-state index contributed by atoms with van der Waals surface area (Å²) in [5.74, 6) is 1.34. The van der Waals surface area contributed by atoms with Crippen molar-refractivity contribution >= 4 is 5.69 Å². The number of ether oxygens (including phenoxy) is 5. The Morgan fingerprint density at radius 1 is 0.833 bits per heavy atom. The second-order valence-electron chi connectivity index (χ2n) is 5.68. The van der Waals surface area contributed by atoms with Crippen molar-refractivity contribution in [2.75, 3.05) is 65.2 Å². The predicted octanol–water partition coefficient (Wildman–Crippen LogP) is 3.74. The lowest BCUT2D eigenvalue weighted by Crippen LogP contribution is -2.13. The van der Waals surface area contributed by atoms with Crippen molar-refractivity contribution in [1.82, 2.24) is 0 Å². The van der Waals surface area contributed by atoms with Crippen LogP contribution in [-0.4, -0.2) is 59.9 Å². The first-order valence-electron chi connectivity index (χ1n) is 10.2. The van der Waals surface area contributed by atoms with Gasteiger partial charge in [-0.2, -0.15) is 0 Å². The van der Waals surface area contributed by atoms with Crippen molar-refractivity contribution in [2.45, 2.75) is 13.8 Å². The first-order chi connectivity index (χ1) is 14.6. The topological polar surface area (TPSA) is 84.2 Å². The molecule has 0 bridgehead atoms. The van der Waals surface area contributed by atoms with E-state index in [1.54, 1.807) is 12.2 Å². The molecule has 0 fully saturated rings. The predicted molar refractivity (Wildman–Crippen MR) is 123 cm³/mol. The van der Waals surface area contributed by atoms with Gasteiger partial charge in [-0.1, -0.05) is 27.0 Å². The highest BCUT2D eigenvalue weighted by atomic mass is 16.6. The standard InChI is InChI=1S/C21H32N2O5.C2H6/c1-18(22)4-5-19(2)27-16-14-25-12-10-24-11-13-26-15-17-28-21-8-6-20(23-3)7-9-21;1-2/h4-9,23H,1-2,10-17,22H2,3H3;1-2H3/b5-4-;. The molecule has 7 nitrogen and oxygen atoms in total. The van der Waals surface area contributed by atoms with Crippen LogP contribution >= 0.6 is 0 Å². The quantitative estimate of drug-likeness (QED) is 0.225. The summed E-state index contributed by atoms with van der Waals surface area (Å²) < 4.78 is 27.2. The summed E-state index contributed by atoms with van der Waals surface area (Å²) in [6.45, 7) is 15.2. The number of nitrogens with one attached hydrogen (secondary N) is 1. The Kier molecular flexibility index (Phi) is 18.2. The third kappa shape index (κ3) is 16.5. The molecule has 30 heavy (non-hydrogen) atoms. The highest BCUT2D eigenvalue weighted by Gasteiger charge is 1.96. The van der Waals surface area contributed by atoms with E-state index in [1.807, 2.05) is 45.2 Å². The van der Waals surface area contributed by atoms with Gasteiger partial charge in [0.25, 0.3) is 0 Å². The fraction of sp³-hybridized carbons (Fsp3) is 0.478. The monoisotopic (exact) mass is 422 g/mol. The fourth-order valence-corrected chi connectivity index (χ4v) is 1.96. The second-order valence-corrected chi connectivity index (χ2v) is 5.68. The highest BCUT2D eigenvalue weighted by Crippen LogP contribution is 2.14. The summed E-state index contributed by atoms with van der Waals surface area (Å²) in [4.78, 5) is 0. The summed E-state index contributed by atoms with van der Waals surface area (Å²) in [6.07, 6.45) is 3.29. The van der Waals surface area contributed by atoms with Gasteiger partial charge in [-0.15, -0.1) is 0 Å². The van der Waals surface area contributed by atoms with Crippen LogP contribution in [0.2, 0.25) is 0 Å². The lowest BCUT2D eigenvalue weighted by Gasteiger charge is -2.09. The van der Waals surface area contributed by atoms with Gasteiger partial charge in [-0.05, 0) is 36.4 Å². The van der Waals surface area contributed by atoms with Crippen LogP contribution in [0.3, 0.4) is 0 Å². The molecule has 1 rings (SSSR count). The molecule has 0 radical (unpaired) electrons. The zero-order valence-corrected chi connectivity index (χ0v) is 18.7. The van der Waals surface area contributed by atoms with Crippen LogP contribution in [0.15, 0.2) is 61.0 Å². The van der Waals surface area contributed by atoms with E-state index in [0.717, 1.165) is 11.4 Å². The minimum atomic E-state index is 0.418. The van der Waals surface area contributed by atoms with Crippen LogP contribution in [0.1, 0.15) is 13.8 Å². The number of benzene rings is 1. The van der Waals surface area contributed by atoms with Gasteiger partial charge >= 0.3 is 0 Å². The number of nitrogens with two attached hydrogens (primary N) is 1. The first-order valence-corrected chi connectivity index (χ1v) is 10.2. The summed E-state index contributed by atoms with van der Waals surface area (Å²) >= 11 is 0. The van der Waals surface area contributed by atoms with Crippen LogP contribution in [0.25, 0.3) is 0 Å². The molecule has 0 aromatic heterocycles. The normalized spacial score (nSPS) is 10.2. The maximum Gasteiger partial charge on any atom is 0.119 e. The fourth-order valence-electron chi connectivity index (χ4n) is 1.96. The number of hydrogen-bond acceptors (Lipinski definition) is 7. The summed E-state index contributed by atoms with van der Waals surface area (Å²) in [5.41, 5.74) is 6.91. The zero-order chi connectivity index (χ0) is 22.5. The van der Waals surface area contributed by atoms with Crippen molar-refractivity contribution in [3.8, 4) is 5.75 Å². The van der Waals surface area contributed by atoms with Gasteiger partial charge in [-0.3, -0.25) is 0 Å². The van der Waals surface area contributed by atoms with E-state index < -0.39 is 0 Å². The highest BCUT2D eigenvalue weighted by molar-refractivity contribution is 5.45. The Labute approximate surface area is 181 Å². The van der Waals surface area contributed by atoms with Crippen LogP contribution < -0.4 is 15.8 Å². The van der Waals surface area contributed by atoms with E-state index >= 15 is 0 Å². The summed E-state index contributed by atoms with van der Waals surface area (Å²) in [6, 6.07) is 7.77. The van der Waals surface area contributed by atoms with Crippen molar-refractivity contribution in [3.63, 3.8) is 0 Å². The molecule has 0 aliphatic heterocycles. The molecule has 0 unspecified atom stereocenters. The van der Waals surface area contributed by atoms with Gasteiger partial charge in [0.05, 0.1) is 39.6 Å². The van der Waals surface area contributed by atoms with E-state index in [1.165, 1.54) is 0 Å². The molecule has 3 N–H and O–H groups in total. The average Bonchev–Trinajstić information content (AvgIpc) is 2.77. The average molecular weight is 423 g/mol. The van der Waals surface area contributed by atoms with Crippen molar-refractivity contribution in [3.05, 3.63) is 61.0 Å². The Hall–Kier alpha value is -2.48. The van der Waals surface area contributed by atoms with Crippen LogP contribution in [0.4, 0.5) is 5.69 Å². The molecule has 0 aliphatic carbocycles. The maximum atomic E-state index is 5.59. The van der Waals surface area contributed by atoms with Gasteiger partial charge in [-0.25, -0.2) is 0 Å². The molecule has 170 valence electrons. The van der Waals surface area contributed by atoms with Gasteiger partial charge < -0.3 is 34.7 Å². The minimum absolute atomic E-state index is 0.418. The number of allylic oxidation sites excluding steroid dienone is 2. The smallest absolute Gasteiger partial charge is 0.119 e. The third-order valence-corrected chi connectivity index (χ3v) is 3.38. The molecule has 1 aromatic carbocycles. The first kappa shape index (κ1) is 27.5. The summed E-state index contributed by atoms with van der Waals surface area (Å²) in [5, 5.41) is 3.06. The van der Waals surface area contributed by atoms with Gasteiger partial charge in [0.1, 0.15) is 24.7 Å². The number of hydrogen-bond donors (Lipinski definition) is 2. The molecule has 0 saturated heterocycles. The Bertz CT molecular complexity index is 588. The number of rotatable bonds is 17. The van der Waals surface area contributed by atoms with Gasteiger partial charge in [0, 0.05) is 18.4 Å². The molecule has 0 atom stereocenters. The van der Waals surface area contributed by atoms with Crippen LogP contribution in [-0.2, 0) is 18.9 Å². The lowest BCUT2D eigenvalue weighted by molar-refractivity contribution is 0.00171. The van der Waals surface area contributed by atoms with E-state index in [0.29, 0.717) is 64.3 Å². The van der Waals surface area contributed by atoms with Gasteiger partial charge in [0.15, 0.2) is 0 Å². The minimum Gasteiger partial charge on any atom is -0.492 e. The SMILES string of the molecule is C=C(N)/C=C\C(=C)OCCOCCOCCOCCOc1ccc(NC)cc1.CC. The molecule has 0 aliphatic rings. The largest absolute Gasteiger partial charge is 0.492 e. The molecule has 0 saturated carbocycles. The van der Waals surface area contributed by atoms with Crippen molar-refractivity contribution in [2.24, 2.45) is 5.73 Å². The Morgan fingerprint density at radius 3 is 1.83 bits per heavy atom. The van der Waals surface area contributed by atoms with E-state index in [-0.39, 0.29) is 0 Å². The van der Waals surface area contributed by atoms with E-state index in [2.05, 4.69) is 18.5 Å². The molecule has 0 heterocycles. The third-order valence-electron chi connectivity index (χ3n) is 3.38. The van der Waals surface area contributed by atoms with Crippen molar-refractivity contribution < 1.29 is 23.7 Å². The maximum absolute atomic E-state index is 5.59. The molecule has 7 heteroatoms. The van der Waals surface area contributed by atoms with Gasteiger partial charge in [0.2, 0.25) is 0 Å².